The van der Waals surface area contributed by atoms with Crippen molar-refractivity contribution < 1.29 is 23.5 Å². The summed E-state index contributed by atoms with van der Waals surface area (Å²) in [5.74, 6) is -0.294. The van der Waals surface area contributed by atoms with E-state index in [0.717, 1.165) is 5.56 Å². The van der Waals surface area contributed by atoms with Gasteiger partial charge in [-0.1, -0.05) is 12.1 Å². The van der Waals surface area contributed by atoms with Crippen molar-refractivity contribution in [3.63, 3.8) is 0 Å². The Morgan fingerprint density at radius 1 is 1.19 bits per heavy atom. The Morgan fingerprint density at radius 2 is 1.95 bits per heavy atom. The van der Waals surface area contributed by atoms with Gasteiger partial charge in [0.25, 0.3) is 0 Å². The normalized spacial score (nSPS) is 10.5. The third kappa shape index (κ3) is 4.35. The fourth-order valence-electron chi connectivity index (χ4n) is 1.59. The minimum absolute atomic E-state index is 0.128. The van der Waals surface area contributed by atoms with Gasteiger partial charge in [0.1, 0.15) is 12.4 Å². The Balaban J connectivity index is 1.85. The summed E-state index contributed by atoms with van der Waals surface area (Å²) in [7, 11) is 1.32. The summed E-state index contributed by atoms with van der Waals surface area (Å²) < 4.78 is 14.7. The molecule has 0 atom stereocenters. The van der Waals surface area contributed by atoms with Crippen molar-refractivity contribution in [2.24, 2.45) is 0 Å². The lowest BCUT2D eigenvalue weighted by Gasteiger charge is -2.03. The van der Waals surface area contributed by atoms with Gasteiger partial charge in [0.05, 0.1) is 18.9 Å². The molecule has 1 aromatic heterocycles. The number of carbonyl (C=O) groups excluding carboxylic acids is 2. The Hall–Kier alpha value is -2.82. The highest BCUT2D eigenvalue weighted by atomic mass is 16.5. The number of esters is 2. The smallest absolute Gasteiger partial charge is 0.337 e. The third-order valence-electron chi connectivity index (χ3n) is 2.68. The van der Waals surface area contributed by atoms with E-state index in [1.54, 1.807) is 36.4 Å². The average Bonchev–Trinajstić information content (AvgIpc) is 3.04. The minimum atomic E-state index is -0.469. The van der Waals surface area contributed by atoms with E-state index in [1.807, 2.05) is 0 Å². The second-order valence-electron chi connectivity index (χ2n) is 4.14. The van der Waals surface area contributed by atoms with E-state index in [9.17, 15) is 9.59 Å². The summed E-state index contributed by atoms with van der Waals surface area (Å²) in [5, 5.41) is 0. The van der Waals surface area contributed by atoms with Crippen LogP contribution in [0.2, 0.25) is 0 Å². The molecule has 0 radical (unpaired) electrons. The SMILES string of the molecule is COC(=O)c1ccc(COC(=O)/C=C/c2ccco2)cc1. The van der Waals surface area contributed by atoms with Gasteiger partial charge in [-0.15, -0.1) is 0 Å². The van der Waals surface area contributed by atoms with Gasteiger partial charge in [-0.3, -0.25) is 0 Å². The number of ether oxygens (including phenoxy) is 2. The fourth-order valence-corrected chi connectivity index (χ4v) is 1.59. The Labute approximate surface area is 121 Å². The lowest BCUT2D eigenvalue weighted by molar-refractivity contribution is -0.138. The second kappa shape index (κ2) is 7.09. The van der Waals surface area contributed by atoms with Gasteiger partial charge in [0, 0.05) is 6.08 Å². The Morgan fingerprint density at radius 3 is 2.57 bits per heavy atom. The largest absolute Gasteiger partial charge is 0.465 e. The highest BCUT2D eigenvalue weighted by Gasteiger charge is 2.05. The lowest BCUT2D eigenvalue weighted by atomic mass is 10.1. The molecule has 5 nitrogen and oxygen atoms in total. The Kier molecular flexibility index (Phi) is 4.93. The first-order valence-corrected chi connectivity index (χ1v) is 6.24. The van der Waals surface area contributed by atoms with E-state index in [4.69, 9.17) is 9.15 Å². The number of methoxy groups -OCH3 is 1. The number of hydrogen-bond donors (Lipinski definition) is 0. The molecule has 0 saturated carbocycles. The van der Waals surface area contributed by atoms with Gasteiger partial charge in [0.2, 0.25) is 0 Å². The summed E-state index contributed by atoms with van der Waals surface area (Å²) in [6.45, 7) is 0.128. The number of furan rings is 1. The molecule has 0 N–H and O–H groups in total. The van der Waals surface area contributed by atoms with Crippen LogP contribution in [0.15, 0.2) is 53.2 Å². The van der Waals surface area contributed by atoms with Gasteiger partial charge >= 0.3 is 11.9 Å². The molecular weight excluding hydrogens is 272 g/mol. The van der Waals surface area contributed by atoms with E-state index in [0.29, 0.717) is 11.3 Å². The number of benzene rings is 1. The van der Waals surface area contributed by atoms with Crippen molar-refractivity contribution >= 4 is 18.0 Å². The van der Waals surface area contributed by atoms with Crippen LogP contribution >= 0.6 is 0 Å². The summed E-state index contributed by atoms with van der Waals surface area (Å²) in [6, 6.07) is 10.1. The van der Waals surface area contributed by atoms with E-state index in [1.165, 1.54) is 25.5 Å². The molecule has 0 fully saturated rings. The number of hydrogen-bond acceptors (Lipinski definition) is 5. The van der Waals surface area contributed by atoms with Gasteiger partial charge < -0.3 is 13.9 Å². The molecule has 0 spiro atoms. The van der Waals surface area contributed by atoms with Gasteiger partial charge in [-0.05, 0) is 35.9 Å². The third-order valence-corrected chi connectivity index (χ3v) is 2.68. The van der Waals surface area contributed by atoms with E-state index in [-0.39, 0.29) is 6.61 Å². The molecule has 0 saturated heterocycles. The molecule has 0 aliphatic rings. The van der Waals surface area contributed by atoms with Crippen molar-refractivity contribution in [2.75, 3.05) is 7.11 Å². The minimum Gasteiger partial charge on any atom is -0.465 e. The predicted octanol–water partition coefficient (Wildman–Crippen LogP) is 2.82. The summed E-state index contributed by atoms with van der Waals surface area (Å²) >= 11 is 0. The topological polar surface area (TPSA) is 65.7 Å². The van der Waals surface area contributed by atoms with Crippen LogP contribution in [0.1, 0.15) is 21.7 Å². The van der Waals surface area contributed by atoms with Crippen LogP contribution < -0.4 is 0 Å². The van der Waals surface area contributed by atoms with Gasteiger partial charge in [-0.25, -0.2) is 9.59 Å². The molecule has 0 amide bonds. The maximum atomic E-state index is 11.5. The molecule has 0 unspecified atom stereocenters. The standard InChI is InChI=1S/C16H14O5/c1-19-16(18)13-6-4-12(5-7-13)11-21-15(17)9-8-14-3-2-10-20-14/h2-10H,11H2,1H3/b9-8+. The van der Waals surface area contributed by atoms with Crippen LogP contribution in [0.3, 0.4) is 0 Å². The zero-order chi connectivity index (χ0) is 15.1. The number of rotatable bonds is 5. The maximum absolute atomic E-state index is 11.5. The molecule has 2 rings (SSSR count). The first-order chi connectivity index (χ1) is 10.2. The van der Waals surface area contributed by atoms with E-state index < -0.39 is 11.9 Å². The maximum Gasteiger partial charge on any atom is 0.337 e. The molecule has 21 heavy (non-hydrogen) atoms. The van der Waals surface area contributed by atoms with Crippen LogP contribution in [0.25, 0.3) is 6.08 Å². The van der Waals surface area contributed by atoms with Crippen molar-refractivity contribution in [3.05, 3.63) is 65.6 Å². The van der Waals surface area contributed by atoms with Gasteiger partial charge in [-0.2, -0.15) is 0 Å². The van der Waals surface area contributed by atoms with Crippen molar-refractivity contribution in [3.8, 4) is 0 Å². The summed E-state index contributed by atoms with van der Waals surface area (Å²) in [4.78, 5) is 22.8. The molecule has 1 heterocycles. The van der Waals surface area contributed by atoms with Crippen LogP contribution in [-0.2, 0) is 20.9 Å². The average molecular weight is 286 g/mol. The van der Waals surface area contributed by atoms with Crippen LogP contribution in [0.5, 0.6) is 0 Å². The van der Waals surface area contributed by atoms with Crippen molar-refractivity contribution in [2.45, 2.75) is 6.61 Å². The van der Waals surface area contributed by atoms with Crippen molar-refractivity contribution in [1.82, 2.24) is 0 Å². The highest BCUT2D eigenvalue weighted by Crippen LogP contribution is 2.08. The van der Waals surface area contributed by atoms with Gasteiger partial charge in [0.15, 0.2) is 0 Å². The number of carbonyl (C=O) groups is 2. The second-order valence-corrected chi connectivity index (χ2v) is 4.14. The molecule has 0 aliphatic heterocycles. The molecule has 108 valence electrons. The molecule has 0 bridgehead atoms. The molecule has 5 heteroatoms. The molecular formula is C16H14O5. The first-order valence-electron chi connectivity index (χ1n) is 6.24. The summed E-state index contributed by atoms with van der Waals surface area (Å²) in [5.41, 5.74) is 1.23. The monoisotopic (exact) mass is 286 g/mol. The summed E-state index contributed by atoms with van der Waals surface area (Å²) in [6.07, 6.45) is 4.35. The van der Waals surface area contributed by atoms with Crippen LogP contribution in [-0.4, -0.2) is 19.0 Å². The van der Waals surface area contributed by atoms with E-state index >= 15 is 0 Å². The zero-order valence-electron chi connectivity index (χ0n) is 11.4. The molecule has 2 aromatic rings. The van der Waals surface area contributed by atoms with Crippen LogP contribution in [0.4, 0.5) is 0 Å². The zero-order valence-corrected chi connectivity index (χ0v) is 11.4. The quantitative estimate of drug-likeness (QED) is 0.624. The lowest BCUT2D eigenvalue weighted by Crippen LogP contribution is -2.03. The van der Waals surface area contributed by atoms with E-state index in [2.05, 4.69) is 4.74 Å². The predicted molar refractivity (Wildman–Crippen MR) is 75.3 cm³/mol. The van der Waals surface area contributed by atoms with Crippen molar-refractivity contribution in [1.29, 1.82) is 0 Å². The highest BCUT2D eigenvalue weighted by molar-refractivity contribution is 5.89. The van der Waals surface area contributed by atoms with Crippen LogP contribution in [0, 0.1) is 0 Å². The first kappa shape index (κ1) is 14.6. The molecule has 0 aliphatic carbocycles. The Bertz CT molecular complexity index is 623. The molecule has 1 aromatic carbocycles. The fraction of sp³-hybridized carbons (Fsp3) is 0.125.